The average Bonchev–Trinajstić information content (AvgIpc) is 3.12. The van der Waals surface area contributed by atoms with Crippen molar-refractivity contribution < 1.29 is 9.90 Å². The van der Waals surface area contributed by atoms with E-state index in [4.69, 9.17) is 0 Å². The quantitative estimate of drug-likeness (QED) is 0.338. The fraction of sp³-hybridized carbons (Fsp3) is 0.656. The molecule has 5 nitrogen and oxygen atoms in total. The van der Waals surface area contributed by atoms with Gasteiger partial charge >= 0.3 is 0 Å². The van der Waals surface area contributed by atoms with Crippen molar-refractivity contribution in [2.75, 3.05) is 13.6 Å². The molecule has 0 atom stereocenters. The molecule has 1 amide bonds. The van der Waals surface area contributed by atoms with Gasteiger partial charge in [-0.3, -0.25) is 4.79 Å². The lowest BCUT2D eigenvalue weighted by atomic mass is 9.85. The Morgan fingerprint density at radius 2 is 1.68 bits per heavy atom. The van der Waals surface area contributed by atoms with E-state index in [0.29, 0.717) is 11.5 Å². The Morgan fingerprint density at radius 1 is 1.05 bits per heavy atom. The van der Waals surface area contributed by atoms with Crippen molar-refractivity contribution in [3.05, 3.63) is 41.1 Å². The second-order valence-electron chi connectivity index (χ2n) is 13.9. The second-order valence-corrected chi connectivity index (χ2v) is 15.0. The third-order valence-electron chi connectivity index (χ3n) is 7.72. The van der Waals surface area contributed by atoms with E-state index in [1.54, 1.807) is 25.8 Å². The molecule has 0 aliphatic heterocycles. The Kier molecular flexibility index (Phi) is 9.53. The summed E-state index contributed by atoms with van der Waals surface area (Å²) in [7, 11) is 2.16. The molecule has 0 saturated heterocycles. The van der Waals surface area contributed by atoms with Crippen LogP contribution in [0.4, 0.5) is 0 Å². The maximum atomic E-state index is 13.3. The normalized spacial score (nSPS) is 15.8. The highest BCUT2D eigenvalue weighted by Gasteiger charge is 2.27. The zero-order valence-corrected chi connectivity index (χ0v) is 26.3. The van der Waals surface area contributed by atoms with Gasteiger partial charge in [0, 0.05) is 34.9 Å². The molecule has 0 spiro atoms. The first-order valence-electron chi connectivity index (χ1n) is 14.2. The van der Waals surface area contributed by atoms with Crippen LogP contribution in [0.1, 0.15) is 109 Å². The lowest BCUT2D eigenvalue weighted by Crippen LogP contribution is -2.38. The highest BCUT2D eigenvalue weighted by atomic mass is 32.2. The minimum absolute atomic E-state index is 0.0280. The lowest BCUT2D eigenvalue weighted by Gasteiger charge is -2.33. The van der Waals surface area contributed by atoms with Crippen molar-refractivity contribution in [3.8, 4) is 11.3 Å². The van der Waals surface area contributed by atoms with Gasteiger partial charge in [-0.1, -0.05) is 46.1 Å². The van der Waals surface area contributed by atoms with Gasteiger partial charge in [-0.25, -0.2) is 4.31 Å². The average molecular weight is 542 g/mol. The summed E-state index contributed by atoms with van der Waals surface area (Å²) in [6.45, 7) is 20.2. The van der Waals surface area contributed by atoms with E-state index in [1.807, 2.05) is 0 Å². The summed E-state index contributed by atoms with van der Waals surface area (Å²) in [5.41, 5.74) is 4.34. The van der Waals surface area contributed by atoms with Crippen LogP contribution >= 0.6 is 11.9 Å². The van der Waals surface area contributed by atoms with Gasteiger partial charge in [0.2, 0.25) is 0 Å². The highest BCUT2D eigenvalue weighted by Crippen LogP contribution is 2.40. The van der Waals surface area contributed by atoms with E-state index in [1.165, 1.54) is 42.6 Å². The third-order valence-corrected chi connectivity index (χ3v) is 9.10. The van der Waals surface area contributed by atoms with Gasteiger partial charge in [-0.05, 0) is 114 Å². The summed E-state index contributed by atoms with van der Waals surface area (Å²) in [6.07, 6.45) is 6.41. The molecule has 0 radical (unpaired) electrons. The molecule has 6 heteroatoms. The van der Waals surface area contributed by atoms with E-state index in [-0.39, 0.29) is 23.4 Å². The van der Waals surface area contributed by atoms with E-state index in [9.17, 15) is 9.90 Å². The van der Waals surface area contributed by atoms with Crippen LogP contribution in [0.25, 0.3) is 11.3 Å². The second kappa shape index (κ2) is 11.8. The topological polar surface area (TPSA) is 57.5 Å². The first-order chi connectivity index (χ1) is 17.5. The van der Waals surface area contributed by atoms with E-state index >= 15 is 0 Å². The van der Waals surface area contributed by atoms with Gasteiger partial charge in [0.1, 0.15) is 0 Å². The number of amides is 1. The number of nitrogens with one attached hydrogen (secondary N) is 1. The number of aliphatic hydroxyl groups is 1. The number of aromatic nitrogens is 1. The fourth-order valence-electron chi connectivity index (χ4n) is 5.01. The van der Waals surface area contributed by atoms with Gasteiger partial charge in [-0.15, -0.1) is 0 Å². The Morgan fingerprint density at radius 3 is 2.24 bits per heavy atom. The first-order valence-corrected chi connectivity index (χ1v) is 15.0. The van der Waals surface area contributed by atoms with Crippen LogP contribution in [0, 0.1) is 12.8 Å². The number of rotatable bonds is 8. The Hall–Kier alpha value is -1.76. The van der Waals surface area contributed by atoms with Gasteiger partial charge in [0.25, 0.3) is 5.91 Å². The molecule has 2 aromatic rings. The molecule has 1 aliphatic carbocycles. The minimum Gasteiger partial charge on any atom is -0.389 e. The van der Waals surface area contributed by atoms with Crippen molar-refractivity contribution in [3.63, 3.8) is 0 Å². The molecule has 1 heterocycles. The van der Waals surface area contributed by atoms with Crippen molar-refractivity contribution >= 4 is 17.9 Å². The summed E-state index contributed by atoms with van der Waals surface area (Å²) in [4.78, 5) is 14.5. The van der Waals surface area contributed by atoms with Crippen LogP contribution in [-0.4, -0.2) is 44.6 Å². The van der Waals surface area contributed by atoms with Crippen LogP contribution in [0.2, 0.25) is 0 Å². The highest BCUT2D eigenvalue weighted by molar-refractivity contribution is 7.97. The molecule has 2 N–H and O–H groups in total. The maximum absolute atomic E-state index is 13.3. The number of benzene rings is 1. The monoisotopic (exact) mass is 541 g/mol. The summed E-state index contributed by atoms with van der Waals surface area (Å²) in [5.74, 6) is 0.515. The van der Waals surface area contributed by atoms with Gasteiger partial charge < -0.3 is 15.0 Å². The van der Waals surface area contributed by atoms with Gasteiger partial charge in [-0.2, -0.15) is 0 Å². The Balaban J connectivity index is 2.07. The summed E-state index contributed by atoms with van der Waals surface area (Å²) < 4.78 is 4.70. The molecule has 1 fully saturated rings. The number of hydrogen-bond acceptors (Lipinski definition) is 4. The molecular formula is C32H51N3O2S. The predicted molar refractivity (Wildman–Crippen MR) is 162 cm³/mol. The van der Waals surface area contributed by atoms with Crippen molar-refractivity contribution in [2.24, 2.45) is 5.92 Å². The van der Waals surface area contributed by atoms with Crippen molar-refractivity contribution in [1.82, 2.24) is 14.2 Å². The molecule has 1 aromatic carbocycles. The van der Waals surface area contributed by atoms with Crippen LogP contribution in [0.3, 0.4) is 0 Å². The van der Waals surface area contributed by atoms with Crippen molar-refractivity contribution in [2.45, 2.75) is 122 Å². The summed E-state index contributed by atoms with van der Waals surface area (Å²) in [6, 6.07) is 8.88. The zero-order chi connectivity index (χ0) is 28.5. The van der Waals surface area contributed by atoms with Crippen LogP contribution in [0.5, 0.6) is 0 Å². The van der Waals surface area contributed by atoms with Gasteiger partial charge in [0.15, 0.2) is 0 Å². The van der Waals surface area contributed by atoms with Crippen LogP contribution in [-0.2, 0) is 12.0 Å². The van der Waals surface area contributed by atoms with E-state index in [2.05, 4.69) is 94.0 Å². The molecule has 0 unspecified atom stereocenters. The molecule has 1 aromatic heterocycles. The molecule has 1 saturated carbocycles. The molecule has 212 valence electrons. The summed E-state index contributed by atoms with van der Waals surface area (Å²) >= 11 is 1.80. The van der Waals surface area contributed by atoms with Gasteiger partial charge in [0.05, 0.1) is 11.2 Å². The van der Waals surface area contributed by atoms with Crippen LogP contribution in [0.15, 0.2) is 29.2 Å². The maximum Gasteiger partial charge on any atom is 0.253 e. The number of hydrogen-bond donors (Lipinski definition) is 2. The minimum atomic E-state index is -0.952. The standard InChI is InChI=1S/C32H51N3O2S/c1-22-25(29(36)33-21-32(8,9)37)19-27(35(22)20-23-14-12-11-13-15-23)24-16-17-28(26(18-24)30(2,3)4)38-34(10)31(5,6)7/h16-19,23,37H,11-15,20-21H2,1-10H3,(H,33,36). The number of carbonyl (C=O) groups is 1. The number of carbonyl (C=O) groups excluding carboxylic acids is 1. The smallest absolute Gasteiger partial charge is 0.253 e. The van der Waals surface area contributed by atoms with Crippen molar-refractivity contribution in [1.29, 1.82) is 0 Å². The molecule has 38 heavy (non-hydrogen) atoms. The largest absolute Gasteiger partial charge is 0.389 e. The molecular weight excluding hydrogens is 490 g/mol. The van der Waals surface area contributed by atoms with E-state index < -0.39 is 5.60 Å². The SMILES string of the molecule is Cc1c(C(=O)NCC(C)(C)O)cc(-c2ccc(SN(C)C(C)(C)C)c(C(C)(C)C)c2)n1CC1CCCCC1. The molecule has 1 aliphatic rings. The lowest BCUT2D eigenvalue weighted by molar-refractivity contribution is 0.0694. The molecule has 3 rings (SSSR count). The first kappa shape index (κ1) is 30.8. The Labute approximate surface area is 235 Å². The summed E-state index contributed by atoms with van der Waals surface area (Å²) in [5, 5.41) is 13.1. The van der Waals surface area contributed by atoms with Crippen LogP contribution < -0.4 is 5.32 Å². The number of nitrogens with zero attached hydrogens (tertiary/aromatic N) is 2. The molecule has 0 bridgehead atoms. The zero-order valence-electron chi connectivity index (χ0n) is 25.5. The third kappa shape index (κ3) is 7.89. The predicted octanol–water partition coefficient (Wildman–Crippen LogP) is 7.58. The van der Waals surface area contributed by atoms with E-state index in [0.717, 1.165) is 23.5 Å². The Bertz CT molecular complexity index is 1110. The fourth-order valence-corrected chi connectivity index (χ4v) is 6.17.